The molecule has 0 bridgehead atoms. The van der Waals surface area contributed by atoms with Crippen LogP contribution < -0.4 is 5.32 Å². The van der Waals surface area contributed by atoms with Crippen molar-refractivity contribution in [3.8, 4) is 0 Å². The largest absolute Gasteiger partial charge is 0.481 e. The Bertz CT molecular complexity index is 386. The maximum Gasteiger partial charge on any atom is 0.326 e. The van der Waals surface area contributed by atoms with Crippen LogP contribution in [0.3, 0.4) is 0 Å². The van der Waals surface area contributed by atoms with Crippen molar-refractivity contribution in [1.82, 2.24) is 10.2 Å². The zero-order valence-corrected chi connectivity index (χ0v) is 10.5. The van der Waals surface area contributed by atoms with E-state index in [1.165, 1.54) is 6.42 Å². The molecule has 0 radical (unpaired) electrons. The molecule has 1 saturated carbocycles. The number of likely N-dealkylation sites (tertiary alicyclic amines) is 1. The van der Waals surface area contributed by atoms with Crippen LogP contribution in [-0.2, 0) is 9.59 Å². The molecule has 1 saturated heterocycles. The minimum atomic E-state index is -1.37. The molecule has 19 heavy (non-hydrogen) atoms. The van der Waals surface area contributed by atoms with Crippen LogP contribution >= 0.6 is 0 Å². The van der Waals surface area contributed by atoms with Crippen molar-refractivity contribution in [3.05, 3.63) is 0 Å². The van der Waals surface area contributed by atoms with Crippen molar-refractivity contribution in [1.29, 1.82) is 0 Å². The summed E-state index contributed by atoms with van der Waals surface area (Å²) in [6, 6.07) is -1.84. The fourth-order valence-corrected chi connectivity index (χ4v) is 3.02. The summed E-state index contributed by atoms with van der Waals surface area (Å²) in [5.41, 5.74) is 0. The quantitative estimate of drug-likeness (QED) is 0.683. The average molecular weight is 270 g/mol. The summed E-state index contributed by atoms with van der Waals surface area (Å²) < 4.78 is 0. The van der Waals surface area contributed by atoms with Gasteiger partial charge in [0.15, 0.2) is 0 Å². The van der Waals surface area contributed by atoms with Crippen LogP contribution in [0.25, 0.3) is 0 Å². The molecule has 7 nitrogen and oxygen atoms in total. The highest BCUT2D eigenvalue weighted by Crippen LogP contribution is 2.37. The molecule has 0 aromatic rings. The third-order valence-corrected chi connectivity index (χ3v) is 3.99. The van der Waals surface area contributed by atoms with Gasteiger partial charge in [-0.2, -0.15) is 0 Å². The van der Waals surface area contributed by atoms with Crippen molar-refractivity contribution >= 4 is 18.0 Å². The number of nitrogens with zero attached hydrogens (tertiary/aromatic N) is 1. The van der Waals surface area contributed by atoms with Gasteiger partial charge >= 0.3 is 18.0 Å². The number of aliphatic carboxylic acids is 2. The molecule has 0 aromatic carbocycles. The molecule has 3 unspecified atom stereocenters. The Morgan fingerprint density at radius 1 is 1.16 bits per heavy atom. The number of carbonyl (C=O) groups is 3. The average Bonchev–Trinajstić information content (AvgIpc) is 2.86. The summed E-state index contributed by atoms with van der Waals surface area (Å²) in [5, 5.41) is 19.8. The first-order chi connectivity index (χ1) is 8.97. The normalized spacial score (nSPS) is 26.8. The van der Waals surface area contributed by atoms with Gasteiger partial charge in [-0.1, -0.05) is 6.42 Å². The van der Waals surface area contributed by atoms with E-state index in [2.05, 4.69) is 5.32 Å². The van der Waals surface area contributed by atoms with Gasteiger partial charge in [-0.15, -0.1) is 0 Å². The maximum atomic E-state index is 11.9. The zero-order valence-electron chi connectivity index (χ0n) is 10.5. The van der Waals surface area contributed by atoms with Crippen molar-refractivity contribution in [3.63, 3.8) is 0 Å². The highest BCUT2D eigenvalue weighted by Gasteiger charge is 2.38. The Hall–Kier alpha value is -1.79. The van der Waals surface area contributed by atoms with Crippen LogP contribution in [0.2, 0.25) is 0 Å². The van der Waals surface area contributed by atoms with E-state index in [0.717, 1.165) is 12.8 Å². The second kappa shape index (κ2) is 5.46. The summed E-state index contributed by atoms with van der Waals surface area (Å²) in [6.45, 7) is 1.30. The fraction of sp³-hybridized carbons (Fsp3) is 0.750. The van der Waals surface area contributed by atoms with Crippen LogP contribution in [0.15, 0.2) is 0 Å². The van der Waals surface area contributed by atoms with Gasteiger partial charge in [0.1, 0.15) is 6.04 Å². The monoisotopic (exact) mass is 270 g/mol. The Labute approximate surface area is 110 Å². The van der Waals surface area contributed by atoms with Gasteiger partial charge < -0.3 is 20.4 Å². The van der Waals surface area contributed by atoms with E-state index in [0.29, 0.717) is 24.9 Å². The lowest BCUT2D eigenvalue weighted by molar-refractivity contribution is -0.145. The predicted octanol–water partition coefficient (Wildman–Crippen LogP) is 0.356. The third kappa shape index (κ3) is 3.15. The van der Waals surface area contributed by atoms with Gasteiger partial charge in [0.25, 0.3) is 0 Å². The van der Waals surface area contributed by atoms with E-state index >= 15 is 0 Å². The summed E-state index contributed by atoms with van der Waals surface area (Å²) in [7, 11) is 0. The van der Waals surface area contributed by atoms with Crippen LogP contribution in [0.1, 0.15) is 25.7 Å². The highest BCUT2D eigenvalue weighted by molar-refractivity contribution is 5.86. The number of fused-ring (bicyclic) bond motifs is 1. The molecule has 3 atom stereocenters. The number of amides is 2. The van der Waals surface area contributed by atoms with Crippen LogP contribution in [0, 0.1) is 11.8 Å². The molecule has 0 aromatic heterocycles. The molecule has 1 heterocycles. The molecule has 2 amide bonds. The molecule has 7 heteroatoms. The molecular formula is C12H18N2O5. The highest BCUT2D eigenvalue weighted by atomic mass is 16.4. The zero-order chi connectivity index (χ0) is 14.0. The number of hydrogen-bond acceptors (Lipinski definition) is 3. The summed E-state index contributed by atoms with van der Waals surface area (Å²) in [4.78, 5) is 35.0. The second-order valence-corrected chi connectivity index (χ2v) is 5.29. The predicted molar refractivity (Wildman–Crippen MR) is 64.6 cm³/mol. The SMILES string of the molecule is O=C(O)CC(NC(=O)N1CC2CCCC2C1)C(=O)O. The van der Waals surface area contributed by atoms with Gasteiger partial charge in [0.05, 0.1) is 6.42 Å². The van der Waals surface area contributed by atoms with Gasteiger partial charge in [0, 0.05) is 13.1 Å². The molecule has 0 spiro atoms. The van der Waals surface area contributed by atoms with Gasteiger partial charge in [-0.05, 0) is 24.7 Å². The van der Waals surface area contributed by atoms with E-state index in [-0.39, 0.29) is 0 Å². The molecule has 2 aliphatic rings. The molecule has 3 N–H and O–H groups in total. The minimum absolute atomic E-state index is 0.469. The van der Waals surface area contributed by atoms with Gasteiger partial charge in [-0.3, -0.25) is 4.79 Å². The standard InChI is InChI=1S/C12H18N2O5/c15-10(16)4-9(11(17)18)13-12(19)14-5-7-2-1-3-8(7)6-14/h7-9H,1-6H2,(H,13,19)(H,15,16)(H,17,18). The third-order valence-electron chi connectivity index (χ3n) is 3.99. The number of hydrogen-bond donors (Lipinski definition) is 3. The molecule has 1 aliphatic carbocycles. The lowest BCUT2D eigenvalue weighted by atomic mass is 10.0. The summed E-state index contributed by atoms with van der Waals surface area (Å²) in [6.07, 6.45) is 2.82. The smallest absolute Gasteiger partial charge is 0.326 e. The summed E-state index contributed by atoms with van der Waals surface area (Å²) in [5.74, 6) is -1.52. The van der Waals surface area contributed by atoms with Crippen molar-refractivity contribution in [2.24, 2.45) is 11.8 Å². The Morgan fingerprint density at radius 3 is 2.21 bits per heavy atom. The van der Waals surface area contributed by atoms with E-state index < -0.39 is 30.4 Å². The Morgan fingerprint density at radius 2 is 1.74 bits per heavy atom. The first kappa shape index (κ1) is 13.6. The van der Waals surface area contributed by atoms with Crippen molar-refractivity contribution in [2.75, 3.05) is 13.1 Å². The molecule has 2 fully saturated rings. The number of carbonyl (C=O) groups excluding carboxylic acids is 1. The molecule has 1 aliphatic heterocycles. The van der Waals surface area contributed by atoms with E-state index in [1.807, 2.05) is 0 Å². The van der Waals surface area contributed by atoms with Gasteiger partial charge in [0.2, 0.25) is 0 Å². The van der Waals surface area contributed by atoms with E-state index in [4.69, 9.17) is 10.2 Å². The molecular weight excluding hydrogens is 252 g/mol. The molecule has 106 valence electrons. The number of carboxylic acids is 2. The van der Waals surface area contributed by atoms with E-state index in [9.17, 15) is 14.4 Å². The number of urea groups is 1. The summed E-state index contributed by atoms with van der Waals surface area (Å²) >= 11 is 0. The first-order valence-corrected chi connectivity index (χ1v) is 6.47. The van der Waals surface area contributed by atoms with Crippen LogP contribution in [-0.4, -0.2) is 52.2 Å². The molecule has 2 rings (SSSR count). The number of rotatable bonds is 4. The van der Waals surface area contributed by atoms with Gasteiger partial charge in [-0.25, -0.2) is 9.59 Å². The lowest BCUT2D eigenvalue weighted by Gasteiger charge is -2.20. The first-order valence-electron chi connectivity index (χ1n) is 6.47. The lowest BCUT2D eigenvalue weighted by Crippen LogP contribution is -2.48. The van der Waals surface area contributed by atoms with Crippen LogP contribution in [0.4, 0.5) is 4.79 Å². The Kier molecular flexibility index (Phi) is 3.92. The second-order valence-electron chi connectivity index (χ2n) is 5.29. The van der Waals surface area contributed by atoms with Crippen molar-refractivity contribution in [2.45, 2.75) is 31.7 Å². The van der Waals surface area contributed by atoms with Crippen LogP contribution in [0.5, 0.6) is 0 Å². The minimum Gasteiger partial charge on any atom is -0.481 e. The maximum absolute atomic E-state index is 11.9. The fourth-order valence-electron chi connectivity index (χ4n) is 3.02. The number of carboxylic acid groups (broad SMARTS) is 2. The Balaban J connectivity index is 1.89. The van der Waals surface area contributed by atoms with Crippen molar-refractivity contribution < 1.29 is 24.6 Å². The topological polar surface area (TPSA) is 107 Å². The number of nitrogens with one attached hydrogen (secondary N) is 1. The van der Waals surface area contributed by atoms with E-state index in [1.54, 1.807) is 4.90 Å².